The average molecular weight is 964 g/mol. The molecular formula is C64H114O5. The van der Waals surface area contributed by atoms with E-state index in [2.05, 4.69) is 86.8 Å². The van der Waals surface area contributed by atoms with E-state index in [1.165, 1.54) is 199 Å². The molecule has 0 bridgehead atoms. The Labute approximate surface area is 429 Å². The molecule has 0 saturated carbocycles. The third-order valence-electron chi connectivity index (χ3n) is 13.2. The van der Waals surface area contributed by atoms with Crippen molar-refractivity contribution in [3.05, 3.63) is 72.9 Å². The second kappa shape index (κ2) is 59.6. The molecule has 5 heteroatoms. The summed E-state index contributed by atoms with van der Waals surface area (Å²) < 4.78 is 10.7. The maximum absolute atomic E-state index is 12.3. The van der Waals surface area contributed by atoms with Crippen molar-refractivity contribution < 1.29 is 24.2 Å². The van der Waals surface area contributed by atoms with Gasteiger partial charge in [0.1, 0.15) is 6.61 Å². The summed E-state index contributed by atoms with van der Waals surface area (Å²) in [5, 5.41) is 9.64. The number of carbonyl (C=O) groups is 2. The van der Waals surface area contributed by atoms with Crippen molar-refractivity contribution in [3.8, 4) is 0 Å². The van der Waals surface area contributed by atoms with E-state index in [0.717, 1.165) is 77.0 Å². The summed E-state index contributed by atoms with van der Waals surface area (Å²) in [5.41, 5.74) is 0. The molecule has 0 aliphatic rings. The molecule has 0 saturated heterocycles. The quantitative estimate of drug-likeness (QED) is 0.0374. The van der Waals surface area contributed by atoms with Crippen LogP contribution in [0, 0.1) is 0 Å². The van der Waals surface area contributed by atoms with E-state index in [-0.39, 0.29) is 25.2 Å². The first-order chi connectivity index (χ1) is 34.1. The Hall–Kier alpha value is -2.66. The minimum Gasteiger partial charge on any atom is -0.462 e. The first-order valence-corrected chi connectivity index (χ1v) is 30.0. The predicted octanol–water partition coefficient (Wildman–Crippen LogP) is 20.4. The van der Waals surface area contributed by atoms with Crippen LogP contribution in [0.15, 0.2) is 72.9 Å². The topological polar surface area (TPSA) is 72.8 Å². The van der Waals surface area contributed by atoms with Crippen LogP contribution in [0.25, 0.3) is 0 Å². The fourth-order valence-electron chi connectivity index (χ4n) is 8.76. The lowest BCUT2D eigenvalue weighted by atomic mass is 10.0. The zero-order chi connectivity index (χ0) is 49.9. The second-order valence-corrected chi connectivity index (χ2v) is 20.0. The van der Waals surface area contributed by atoms with Gasteiger partial charge in [-0.05, 0) is 83.5 Å². The van der Waals surface area contributed by atoms with Crippen LogP contribution in [0.2, 0.25) is 0 Å². The third kappa shape index (κ3) is 57.8. The Morgan fingerprint density at radius 2 is 0.623 bits per heavy atom. The van der Waals surface area contributed by atoms with E-state index in [1.54, 1.807) is 0 Å². The van der Waals surface area contributed by atoms with Crippen molar-refractivity contribution in [2.24, 2.45) is 0 Å². The van der Waals surface area contributed by atoms with Crippen LogP contribution >= 0.6 is 0 Å². The number of aliphatic hydroxyl groups excluding tert-OH is 1. The highest BCUT2D eigenvalue weighted by Gasteiger charge is 2.16. The van der Waals surface area contributed by atoms with Crippen molar-refractivity contribution in [2.75, 3.05) is 13.2 Å². The highest BCUT2D eigenvalue weighted by molar-refractivity contribution is 5.70. The monoisotopic (exact) mass is 963 g/mol. The van der Waals surface area contributed by atoms with Gasteiger partial charge in [-0.3, -0.25) is 9.59 Å². The number of esters is 2. The van der Waals surface area contributed by atoms with Crippen molar-refractivity contribution in [3.63, 3.8) is 0 Å². The van der Waals surface area contributed by atoms with Gasteiger partial charge in [0.25, 0.3) is 0 Å². The lowest BCUT2D eigenvalue weighted by Gasteiger charge is -2.15. The molecule has 0 aliphatic carbocycles. The molecule has 1 N–H and O–H groups in total. The van der Waals surface area contributed by atoms with Gasteiger partial charge in [-0.25, -0.2) is 0 Å². The molecule has 0 fully saturated rings. The predicted molar refractivity (Wildman–Crippen MR) is 302 cm³/mol. The Bertz CT molecular complexity index is 1230. The van der Waals surface area contributed by atoms with Gasteiger partial charge in [0.05, 0.1) is 6.61 Å². The highest BCUT2D eigenvalue weighted by atomic mass is 16.6. The van der Waals surface area contributed by atoms with E-state index in [4.69, 9.17) is 9.47 Å². The van der Waals surface area contributed by atoms with Gasteiger partial charge in [0, 0.05) is 12.8 Å². The van der Waals surface area contributed by atoms with Crippen molar-refractivity contribution in [2.45, 2.75) is 309 Å². The van der Waals surface area contributed by atoms with E-state index < -0.39 is 6.10 Å². The van der Waals surface area contributed by atoms with Gasteiger partial charge in [0.2, 0.25) is 0 Å². The largest absolute Gasteiger partial charge is 0.462 e. The zero-order valence-corrected chi connectivity index (χ0v) is 45.8. The first kappa shape index (κ1) is 66.3. The van der Waals surface area contributed by atoms with E-state index >= 15 is 0 Å². The number of unbranched alkanes of at least 4 members (excludes halogenated alkanes) is 35. The Kier molecular flexibility index (Phi) is 57.3. The molecule has 0 amide bonds. The van der Waals surface area contributed by atoms with Crippen molar-refractivity contribution in [1.29, 1.82) is 0 Å². The molecule has 0 radical (unpaired) electrons. The number of ether oxygens (including phenoxy) is 2. The number of rotatable bonds is 55. The molecule has 0 aromatic heterocycles. The Morgan fingerprint density at radius 3 is 0.957 bits per heavy atom. The smallest absolute Gasteiger partial charge is 0.306 e. The molecule has 5 nitrogen and oxygen atoms in total. The van der Waals surface area contributed by atoms with Crippen molar-refractivity contribution in [1.82, 2.24) is 0 Å². The first-order valence-electron chi connectivity index (χ1n) is 30.0. The summed E-state index contributed by atoms with van der Waals surface area (Å²) in [6.45, 7) is 4.04. The SMILES string of the molecule is CC/C=C\C/C=C\C/C=C\C/C=C\C/C=C\CCCCCCCCCCCCCCCCCCCCCCCCCC(=O)OC(CO)COC(=O)CCCCCCC/C=C\CCCCCCCCC. The number of carbonyl (C=O) groups excluding carboxylic acids is 2. The maximum Gasteiger partial charge on any atom is 0.306 e. The van der Waals surface area contributed by atoms with E-state index in [0.29, 0.717) is 12.8 Å². The Morgan fingerprint density at radius 1 is 0.348 bits per heavy atom. The molecule has 0 spiro atoms. The summed E-state index contributed by atoms with van der Waals surface area (Å²) >= 11 is 0. The lowest BCUT2D eigenvalue weighted by molar-refractivity contribution is -0.161. The van der Waals surface area contributed by atoms with E-state index in [1.807, 2.05) is 0 Å². The standard InChI is InChI=1S/C64H114O5/c1-3-5-7-9-11-13-15-17-19-21-22-23-24-25-26-27-28-29-30-31-32-33-34-35-36-37-38-39-40-41-42-43-45-47-49-51-53-55-57-59-64(67)69-62(60-65)61-68-63(66)58-56-54-52-50-48-46-44-20-18-16-14-12-10-8-6-4-2/h5,7,11,13,17,19-20,22-23,25-26,44,62,65H,3-4,6,8-10,12,14-16,18,21,24,27-43,45-61H2,1-2H3/b7-5-,13-11-,19-17-,23-22-,26-25-,44-20-. The molecule has 400 valence electrons. The third-order valence-corrected chi connectivity index (χ3v) is 13.2. The Balaban J connectivity index is 3.41. The maximum atomic E-state index is 12.3. The molecule has 0 aliphatic heterocycles. The normalized spacial score (nSPS) is 12.7. The van der Waals surface area contributed by atoms with Gasteiger partial charge < -0.3 is 14.6 Å². The molecule has 0 aromatic carbocycles. The van der Waals surface area contributed by atoms with Gasteiger partial charge in [-0.15, -0.1) is 0 Å². The average Bonchev–Trinajstić information content (AvgIpc) is 3.35. The van der Waals surface area contributed by atoms with Crippen LogP contribution in [0.4, 0.5) is 0 Å². The molecule has 1 unspecified atom stereocenters. The summed E-state index contributed by atoms with van der Waals surface area (Å²) in [6, 6.07) is 0. The van der Waals surface area contributed by atoms with Crippen molar-refractivity contribution >= 4 is 11.9 Å². The fraction of sp³-hybridized carbons (Fsp3) is 0.781. The molecule has 0 rings (SSSR count). The fourth-order valence-corrected chi connectivity index (χ4v) is 8.76. The number of allylic oxidation sites excluding steroid dienone is 12. The zero-order valence-electron chi connectivity index (χ0n) is 45.8. The van der Waals surface area contributed by atoms with Gasteiger partial charge in [-0.1, -0.05) is 279 Å². The summed E-state index contributed by atoms with van der Waals surface area (Å²) in [5.74, 6) is -0.588. The van der Waals surface area contributed by atoms with Crippen LogP contribution in [0.5, 0.6) is 0 Å². The van der Waals surface area contributed by atoms with Crippen LogP contribution < -0.4 is 0 Å². The van der Waals surface area contributed by atoms with Crippen LogP contribution in [0.1, 0.15) is 303 Å². The van der Waals surface area contributed by atoms with Gasteiger partial charge in [-0.2, -0.15) is 0 Å². The minimum absolute atomic E-state index is 0.0674. The number of hydrogen-bond acceptors (Lipinski definition) is 5. The van der Waals surface area contributed by atoms with Crippen LogP contribution in [-0.2, 0) is 19.1 Å². The highest BCUT2D eigenvalue weighted by Crippen LogP contribution is 2.17. The van der Waals surface area contributed by atoms with Gasteiger partial charge in [0.15, 0.2) is 6.10 Å². The van der Waals surface area contributed by atoms with Crippen LogP contribution in [-0.4, -0.2) is 36.4 Å². The number of hydrogen-bond donors (Lipinski definition) is 1. The van der Waals surface area contributed by atoms with Gasteiger partial charge >= 0.3 is 11.9 Å². The lowest BCUT2D eigenvalue weighted by Crippen LogP contribution is -2.28. The molecule has 1 atom stereocenters. The molecule has 0 heterocycles. The molecule has 69 heavy (non-hydrogen) atoms. The molecule has 0 aromatic rings. The second-order valence-electron chi connectivity index (χ2n) is 20.0. The summed E-state index contributed by atoms with van der Waals surface area (Å²) in [4.78, 5) is 24.5. The summed E-state index contributed by atoms with van der Waals surface area (Å²) in [7, 11) is 0. The van der Waals surface area contributed by atoms with E-state index in [9.17, 15) is 14.7 Å². The minimum atomic E-state index is -0.775. The summed E-state index contributed by atoms with van der Waals surface area (Å²) in [6.07, 6.45) is 81.9. The number of aliphatic hydroxyl groups is 1. The molecular weight excluding hydrogens is 849 g/mol. The van der Waals surface area contributed by atoms with Crippen LogP contribution in [0.3, 0.4) is 0 Å².